The van der Waals surface area contributed by atoms with Gasteiger partial charge >= 0.3 is 0 Å². The van der Waals surface area contributed by atoms with Crippen LogP contribution in [0.1, 0.15) is 21.5 Å². The highest BCUT2D eigenvalue weighted by Gasteiger charge is 2.10. The van der Waals surface area contributed by atoms with E-state index in [2.05, 4.69) is 10.3 Å². The molecule has 0 atom stereocenters. The molecule has 104 valence electrons. The lowest BCUT2D eigenvalue weighted by molar-refractivity contribution is 0.102. The van der Waals surface area contributed by atoms with Crippen LogP contribution in [0.2, 0.25) is 0 Å². The van der Waals surface area contributed by atoms with Crippen molar-refractivity contribution in [3.05, 3.63) is 71.4 Å². The van der Waals surface area contributed by atoms with Crippen molar-refractivity contribution in [3.63, 3.8) is 0 Å². The minimum Gasteiger partial charge on any atom is -0.321 e. The largest absolute Gasteiger partial charge is 0.321 e. The summed E-state index contributed by atoms with van der Waals surface area (Å²) in [5.74, 6) is -0.134. The lowest BCUT2D eigenvalue weighted by Gasteiger charge is -2.11. The highest BCUT2D eigenvalue weighted by atomic mass is 16.1. The zero-order valence-electron chi connectivity index (χ0n) is 12.1. The Morgan fingerprint density at radius 1 is 1.00 bits per heavy atom. The molecule has 2 aromatic carbocycles. The number of nitrogens with zero attached hydrogens (tertiary/aromatic N) is 1. The molecule has 3 aromatic rings. The first-order valence-electron chi connectivity index (χ1n) is 6.87. The number of benzene rings is 2. The number of carbonyl (C=O) groups is 1. The number of rotatable bonds is 2. The minimum absolute atomic E-state index is 0.134. The fraction of sp³-hybridized carbons (Fsp3) is 0.111. The van der Waals surface area contributed by atoms with E-state index in [0.717, 1.165) is 27.7 Å². The van der Waals surface area contributed by atoms with Gasteiger partial charge in [-0.1, -0.05) is 36.4 Å². The first kappa shape index (κ1) is 13.3. The lowest BCUT2D eigenvalue weighted by atomic mass is 10.1. The van der Waals surface area contributed by atoms with Gasteiger partial charge in [-0.2, -0.15) is 0 Å². The quantitative estimate of drug-likeness (QED) is 0.765. The number of para-hydroxylation sites is 2. The second kappa shape index (κ2) is 5.37. The number of amides is 1. The molecule has 3 heteroatoms. The number of pyridine rings is 1. The summed E-state index contributed by atoms with van der Waals surface area (Å²) < 4.78 is 0. The number of anilines is 1. The molecule has 0 fully saturated rings. The van der Waals surface area contributed by atoms with Crippen LogP contribution in [0.5, 0.6) is 0 Å². The van der Waals surface area contributed by atoms with Gasteiger partial charge < -0.3 is 5.32 Å². The molecule has 0 spiro atoms. The van der Waals surface area contributed by atoms with Crippen LogP contribution in [-0.2, 0) is 0 Å². The lowest BCUT2D eigenvalue weighted by Crippen LogP contribution is -2.14. The van der Waals surface area contributed by atoms with Crippen LogP contribution >= 0.6 is 0 Å². The monoisotopic (exact) mass is 276 g/mol. The van der Waals surface area contributed by atoms with Gasteiger partial charge in [-0.05, 0) is 37.1 Å². The molecule has 3 rings (SSSR count). The maximum absolute atomic E-state index is 12.4. The van der Waals surface area contributed by atoms with E-state index in [4.69, 9.17) is 0 Å². The highest BCUT2D eigenvalue weighted by molar-refractivity contribution is 6.06. The number of aryl methyl sites for hydroxylation is 2. The Hall–Kier alpha value is -2.68. The van der Waals surface area contributed by atoms with E-state index in [1.165, 1.54) is 0 Å². The van der Waals surface area contributed by atoms with Crippen LogP contribution < -0.4 is 5.32 Å². The topological polar surface area (TPSA) is 42.0 Å². The fourth-order valence-electron chi connectivity index (χ4n) is 2.39. The molecule has 0 unspecified atom stereocenters. The van der Waals surface area contributed by atoms with E-state index < -0.39 is 0 Å². The first-order chi connectivity index (χ1) is 10.1. The van der Waals surface area contributed by atoms with Crippen molar-refractivity contribution >= 4 is 22.5 Å². The van der Waals surface area contributed by atoms with Crippen LogP contribution in [0.15, 0.2) is 54.7 Å². The Balaban J connectivity index is 1.94. The molecule has 1 N–H and O–H groups in total. The molecule has 1 amide bonds. The standard InChI is InChI=1S/C18H16N2O/c1-12-6-5-7-13(2)17(12)20-18(21)15-10-14-8-3-4-9-16(14)19-11-15/h3-11H,1-2H3,(H,20,21). The molecular formula is C18H16N2O. The summed E-state index contributed by atoms with van der Waals surface area (Å²) in [6.07, 6.45) is 1.62. The van der Waals surface area contributed by atoms with Gasteiger partial charge in [0.15, 0.2) is 0 Å². The van der Waals surface area contributed by atoms with Gasteiger partial charge in [0.05, 0.1) is 11.1 Å². The highest BCUT2D eigenvalue weighted by Crippen LogP contribution is 2.21. The Morgan fingerprint density at radius 3 is 2.48 bits per heavy atom. The second-order valence-electron chi connectivity index (χ2n) is 5.14. The molecule has 1 heterocycles. The summed E-state index contributed by atoms with van der Waals surface area (Å²) in [6, 6.07) is 15.6. The third-order valence-electron chi connectivity index (χ3n) is 3.57. The van der Waals surface area contributed by atoms with Crippen LogP contribution in [0.3, 0.4) is 0 Å². The van der Waals surface area contributed by atoms with Crippen molar-refractivity contribution in [2.45, 2.75) is 13.8 Å². The van der Waals surface area contributed by atoms with Crippen molar-refractivity contribution in [2.75, 3.05) is 5.32 Å². The van der Waals surface area contributed by atoms with Crippen molar-refractivity contribution in [1.82, 2.24) is 4.98 Å². The van der Waals surface area contributed by atoms with Gasteiger partial charge in [0.1, 0.15) is 0 Å². The van der Waals surface area contributed by atoms with Crippen molar-refractivity contribution in [3.8, 4) is 0 Å². The minimum atomic E-state index is -0.134. The molecule has 0 aliphatic heterocycles. The predicted molar refractivity (Wildman–Crippen MR) is 85.6 cm³/mol. The number of hydrogen-bond donors (Lipinski definition) is 1. The van der Waals surface area contributed by atoms with Gasteiger partial charge in [0.25, 0.3) is 5.91 Å². The van der Waals surface area contributed by atoms with E-state index in [0.29, 0.717) is 5.56 Å². The summed E-state index contributed by atoms with van der Waals surface area (Å²) in [7, 11) is 0. The molecule has 0 bridgehead atoms. The Morgan fingerprint density at radius 2 is 1.71 bits per heavy atom. The van der Waals surface area contributed by atoms with Crippen molar-refractivity contribution in [1.29, 1.82) is 0 Å². The smallest absolute Gasteiger partial charge is 0.257 e. The molecule has 0 aliphatic carbocycles. The number of nitrogens with one attached hydrogen (secondary N) is 1. The Kier molecular flexibility index (Phi) is 3.40. The fourth-order valence-corrected chi connectivity index (χ4v) is 2.39. The number of carbonyl (C=O) groups excluding carboxylic acids is 1. The van der Waals surface area contributed by atoms with Crippen LogP contribution in [-0.4, -0.2) is 10.9 Å². The van der Waals surface area contributed by atoms with Gasteiger partial charge in [-0.15, -0.1) is 0 Å². The van der Waals surface area contributed by atoms with E-state index in [1.54, 1.807) is 6.20 Å². The Labute approximate surface area is 123 Å². The maximum atomic E-state index is 12.4. The SMILES string of the molecule is Cc1cccc(C)c1NC(=O)c1cnc2ccccc2c1. The molecule has 1 aromatic heterocycles. The van der Waals surface area contributed by atoms with E-state index >= 15 is 0 Å². The second-order valence-corrected chi connectivity index (χ2v) is 5.14. The molecule has 0 radical (unpaired) electrons. The zero-order chi connectivity index (χ0) is 14.8. The van der Waals surface area contributed by atoms with Gasteiger partial charge in [-0.25, -0.2) is 0 Å². The van der Waals surface area contributed by atoms with Gasteiger partial charge in [0.2, 0.25) is 0 Å². The van der Waals surface area contributed by atoms with Crippen molar-refractivity contribution < 1.29 is 4.79 Å². The van der Waals surface area contributed by atoms with Gasteiger partial charge in [-0.3, -0.25) is 9.78 Å². The van der Waals surface area contributed by atoms with Crippen LogP contribution in [0.25, 0.3) is 10.9 Å². The molecule has 3 nitrogen and oxygen atoms in total. The molecule has 0 aliphatic rings. The summed E-state index contributed by atoms with van der Waals surface area (Å²) in [4.78, 5) is 16.7. The molecule has 0 saturated heterocycles. The first-order valence-corrected chi connectivity index (χ1v) is 6.87. The summed E-state index contributed by atoms with van der Waals surface area (Å²) in [5.41, 5.74) is 4.43. The van der Waals surface area contributed by atoms with Crippen LogP contribution in [0.4, 0.5) is 5.69 Å². The maximum Gasteiger partial charge on any atom is 0.257 e. The molecule has 21 heavy (non-hydrogen) atoms. The third kappa shape index (κ3) is 2.63. The molecule has 0 saturated carbocycles. The number of aromatic nitrogens is 1. The Bertz CT molecular complexity index is 804. The van der Waals surface area contributed by atoms with Gasteiger partial charge in [0, 0.05) is 17.3 Å². The summed E-state index contributed by atoms with van der Waals surface area (Å²) >= 11 is 0. The van der Waals surface area contributed by atoms with Crippen molar-refractivity contribution in [2.24, 2.45) is 0 Å². The third-order valence-corrected chi connectivity index (χ3v) is 3.57. The van der Waals surface area contributed by atoms with E-state index in [9.17, 15) is 4.79 Å². The van der Waals surface area contributed by atoms with Crippen LogP contribution in [0, 0.1) is 13.8 Å². The average Bonchev–Trinajstić information content (AvgIpc) is 2.50. The number of fused-ring (bicyclic) bond motifs is 1. The zero-order valence-corrected chi connectivity index (χ0v) is 12.1. The average molecular weight is 276 g/mol. The normalized spacial score (nSPS) is 10.6. The number of hydrogen-bond acceptors (Lipinski definition) is 2. The predicted octanol–water partition coefficient (Wildman–Crippen LogP) is 4.10. The van der Waals surface area contributed by atoms with E-state index in [-0.39, 0.29) is 5.91 Å². The van der Waals surface area contributed by atoms with E-state index in [1.807, 2.05) is 62.4 Å². The molecular weight excluding hydrogens is 260 g/mol. The summed E-state index contributed by atoms with van der Waals surface area (Å²) in [5, 5.41) is 3.95. The summed E-state index contributed by atoms with van der Waals surface area (Å²) in [6.45, 7) is 3.97.